The maximum atomic E-state index is 6.02. The lowest BCUT2D eigenvalue weighted by atomic mass is 9.83. The highest BCUT2D eigenvalue weighted by molar-refractivity contribution is 6.31. The van der Waals surface area contributed by atoms with Crippen LogP contribution >= 0.6 is 11.6 Å². The fraction of sp³-hybridized carbons (Fsp3) is 0.692. The summed E-state index contributed by atoms with van der Waals surface area (Å²) in [6.07, 6.45) is 7.76. The number of nitrogens with zero attached hydrogens (tertiary/aromatic N) is 2. The fourth-order valence-electron chi connectivity index (χ4n) is 1.88. The van der Waals surface area contributed by atoms with Crippen molar-refractivity contribution in [1.82, 2.24) is 9.97 Å². The Morgan fingerprint density at radius 3 is 3.00 bits per heavy atom. The second-order valence-electron chi connectivity index (χ2n) is 4.71. The van der Waals surface area contributed by atoms with Crippen LogP contribution in [-0.2, 0) is 0 Å². The van der Waals surface area contributed by atoms with E-state index in [0.29, 0.717) is 23.5 Å². The van der Waals surface area contributed by atoms with Crippen LogP contribution in [0, 0.1) is 5.92 Å². The summed E-state index contributed by atoms with van der Waals surface area (Å²) in [5, 5.41) is 3.60. The van der Waals surface area contributed by atoms with E-state index in [0.717, 1.165) is 25.3 Å². The van der Waals surface area contributed by atoms with E-state index in [1.807, 2.05) is 0 Å². The van der Waals surface area contributed by atoms with Crippen molar-refractivity contribution in [1.29, 1.82) is 0 Å². The van der Waals surface area contributed by atoms with Gasteiger partial charge in [0.25, 0.3) is 0 Å². The van der Waals surface area contributed by atoms with Gasteiger partial charge in [0.2, 0.25) is 11.8 Å². The molecular weight excluding hydrogens is 250 g/mol. The van der Waals surface area contributed by atoms with E-state index in [1.165, 1.54) is 19.3 Å². The minimum atomic E-state index is 0.477. The first-order valence-corrected chi connectivity index (χ1v) is 7.06. The van der Waals surface area contributed by atoms with Crippen LogP contribution < -0.4 is 10.1 Å². The third kappa shape index (κ3) is 3.73. The molecule has 1 aromatic rings. The van der Waals surface area contributed by atoms with Crippen LogP contribution in [0.3, 0.4) is 0 Å². The van der Waals surface area contributed by atoms with E-state index >= 15 is 0 Å². The lowest BCUT2D eigenvalue weighted by Crippen LogP contribution is -2.15. The maximum Gasteiger partial charge on any atom is 0.237 e. The van der Waals surface area contributed by atoms with Crippen molar-refractivity contribution in [3.8, 4) is 5.88 Å². The maximum absolute atomic E-state index is 6.02. The Balaban J connectivity index is 1.84. The number of ether oxygens (including phenoxy) is 1. The predicted molar refractivity (Wildman–Crippen MR) is 73.3 cm³/mol. The van der Waals surface area contributed by atoms with Crippen LogP contribution in [0.15, 0.2) is 6.20 Å². The van der Waals surface area contributed by atoms with Gasteiger partial charge in [-0.2, -0.15) is 4.98 Å². The van der Waals surface area contributed by atoms with Crippen molar-refractivity contribution in [2.24, 2.45) is 5.92 Å². The number of anilines is 1. The van der Waals surface area contributed by atoms with Crippen LogP contribution in [0.2, 0.25) is 5.02 Å². The largest absolute Gasteiger partial charge is 0.476 e. The number of nitrogens with one attached hydrogen (secondary N) is 1. The topological polar surface area (TPSA) is 47.0 Å². The minimum absolute atomic E-state index is 0.477. The van der Waals surface area contributed by atoms with Gasteiger partial charge in [-0.1, -0.05) is 37.8 Å². The van der Waals surface area contributed by atoms with Crippen molar-refractivity contribution in [3.05, 3.63) is 11.2 Å². The molecule has 1 N–H and O–H groups in total. The van der Waals surface area contributed by atoms with Gasteiger partial charge < -0.3 is 10.1 Å². The number of hydrogen-bond donors (Lipinski definition) is 1. The summed E-state index contributed by atoms with van der Waals surface area (Å²) in [5.41, 5.74) is 0. The van der Waals surface area contributed by atoms with Crippen LogP contribution in [0.25, 0.3) is 0 Å². The molecule has 0 spiro atoms. The summed E-state index contributed by atoms with van der Waals surface area (Å²) in [7, 11) is 0. The van der Waals surface area contributed by atoms with Gasteiger partial charge in [0.1, 0.15) is 5.02 Å². The summed E-state index contributed by atoms with van der Waals surface area (Å²) in [6.45, 7) is 3.64. The van der Waals surface area contributed by atoms with Crippen LogP contribution in [0.1, 0.15) is 39.0 Å². The normalized spacial score (nSPS) is 15.2. The highest BCUT2D eigenvalue weighted by atomic mass is 35.5. The Morgan fingerprint density at radius 1 is 1.50 bits per heavy atom. The molecular formula is C13H20ClN3O. The number of halogens is 1. The highest BCUT2D eigenvalue weighted by Crippen LogP contribution is 2.30. The van der Waals surface area contributed by atoms with Crippen molar-refractivity contribution >= 4 is 17.5 Å². The van der Waals surface area contributed by atoms with Crippen LogP contribution in [-0.4, -0.2) is 23.1 Å². The molecule has 0 radical (unpaired) electrons. The first kappa shape index (κ1) is 13.4. The minimum Gasteiger partial charge on any atom is -0.476 e. The Labute approximate surface area is 113 Å². The van der Waals surface area contributed by atoms with Gasteiger partial charge in [-0.25, -0.2) is 4.98 Å². The number of aromatic nitrogens is 2. The lowest BCUT2D eigenvalue weighted by molar-refractivity contribution is 0.217. The molecule has 0 saturated heterocycles. The predicted octanol–water partition coefficient (Wildman–Crippen LogP) is 3.52. The zero-order chi connectivity index (χ0) is 12.8. The van der Waals surface area contributed by atoms with Crippen molar-refractivity contribution in [2.75, 3.05) is 18.5 Å². The SMILES string of the molecule is CCCNc1ncc(Cl)c(OCCC2CCC2)n1. The molecule has 4 nitrogen and oxygen atoms in total. The summed E-state index contributed by atoms with van der Waals surface area (Å²) < 4.78 is 5.64. The summed E-state index contributed by atoms with van der Waals surface area (Å²) in [6, 6.07) is 0. The molecule has 0 amide bonds. The molecule has 0 atom stereocenters. The molecule has 1 aliphatic carbocycles. The van der Waals surface area contributed by atoms with Gasteiger partial charge in [0.15, 0.2) is 0 Å². The zero-order valence-electron chi connectivity index (χ0n) is 10.8. The summed E-state index contributed by atoms with van der Waals surface area (Å²) in [5.74, 6) is 1.91. The Bertz CT molecular complexity index is 382. The van der Waals surface area contributed by atoms with Crippen molar-refractivity contribution < 1.29 is 4.74 Å². The van der Waals surface area contributed by atoms with Gasteiger partial charge in [0.05, 0.1) is 12.8 Å². The van der Waals surface area contributed by atoms with Gasteiger partial charge in [-0.3, -0.25) is 0 Å². The van der Waals surface area contributed by atoms with Gasteiger partial charge in [-0.05, 0) is 18.8 Å². The van der Waals surface area contributed by atoms with E-state index in [-0.39, 0.29) is 0 Å². The van der Waals surface area contributed by atoms with Gasteiger partial charge >= 0.3 is 0 Å². The van der Waals surface area contributed by atoms with E-state index < -0.39 is 0 Å². The molecule has 100 valence electrons. The molecule has 18 heavy (non-hydrogen) atoms. The van der Waals surface area contributed by atoms with Gasteiger partial charge in [-0.15, -0.1) is 0 Å². The average Bonchev–Trinajstić information content (AvgIpc) is 2.32. The third-order valence-electron chi connectivity index (χ3n) is 3.23. The monoisotopic (exact) mass is 269 g/mol. The second kappa shape index (κ2) is 6.78. The van der Waals surface area contributed by atoms with Gasteiger partial charge in [0, 0.05) is 6.54 Å². The van der Waals surface area contributed by atoms with Crippen LogP contribution in [0.4, 0.5) is 5.95 Å². The fourth-order valence-corrected chi connectivity index (χ4v) is 2.02. The molecule has 0 aromatic carbocycles. The van der Waals surface area contributed by atoms with E-state index in [2.05, 4.69) is 22.2 Å². The molecule has 2 rings (SSSR count). The summed E-state index contributed by atoms with van der Waals surface area (Å²) in [4.78, 5) is 8.39. The Kier molecular flexibility index (Phi) is 5.05. The highest BCUT2D eigenvalue weighted by Gasteiger charge is 2.17. The van der Waals surface area contributed by atoms with E-state index in [1.54, 1.807) is 6.20 Å². The smallest absolute Gasteiger partial charge is 0.237 e. The molecule has 5 heteroatoms. The molecule has 0 unspecified atom stereocenters. The number of hydrogen-bond acceptors (Lipinski definition) is 4. The van der Waals surface area contributed by atoms with Crippen molar-refractivity contribution in [2.45, 2.75) is 39.0 Å². The Hall–Kier alpha value is -1.03. The molecule has 1 fully saturated rings. The first-order valence-electron chi connectivity index (χ1n) is 6.68. The molecule has 1 aliphatic rings. The average molecular weight is 270 g/mol. The van der Waals surface area contributed by atoms with Crippen molar-refractivity contribution in [3.63, 3.8) is 0 Å². The van der Waals surface area contributed by atoms with E-state index in [9.17, 15) is 0 Å². The van der Waals surface area contributed by atoms with E-state index in [4.69, 9.17) is 16.3 Å². The Morgan fingerprint density at radius 2 is 2.33 bits per heavy atom. The van der Waals surface area contributed by atoms with Crippen LogP contribution in [0.5, 0.6) is 5.88 Å². The zero-order valence-corrected chi connectivity index (χ0v) is 11.5. The quantitative estimate of drug-likeness (QED) is 0.823. The first-order chi connectivity index (χ1) is 8.79. The molecule has 1 heterocycles. The third-order valence-corrected chi connectivity index (χ3v) is 3.49. The molecule has 0 aliphatic heterocycles. The second-order valence-corrected chi connectivity index (χ2v) is 5.11. The lowest BCUT2D eigenvalue weighted by Gasteiger charge is -2.24. The standard InChI is InChI=1S/C13H20ClN3O/c1-2-7-15-13-16-9-11(14)12(17-13)18-8-6-10-4-3-5-10/h9-10H,2-8H2,1H3,(H,15,16,17). The number of rotatable bonds is 7. The molecule has 0 bridgehead atoms. The molecule has 1 aromatic heterocycles. The summed E-state index contributed by atoms with van der Waals surface area (Å²) >= 11 is 6.02. The molecule has 1 saturated carbocycles.